The third kappa shape index (κ3) is 4.73. The molecular weight excluding hydrogens is 284 g/mol. The van der Waals surface area contributed by atoms with Gasteiger partial charge < -0.3 is 20.1 Å². The van der Waals surface area contributed by atoms with Gasteiger partial charge in [-0.05, 0) is 50.2 Å². The number of carbonyl (C=O) groups excluding carboxylic acids is 1. The summed E-state index contributed by atoms with van der Waals surface area (Å²) < 4.78 is 5.05. The van der Waals surface area contributed by atoms with E-state index in [0.717, 1.165) is 25.9 Å². The van der Waals surface area contributed by atoms with Crippen LogP contribution in [0.2, 0.25) is 0 Å². The van der Waals surface area contributed by atoms with Crippen LogP contribution < -0.4 is 10.1 Å². The molecule has 0 aliphatic carbocycles. The Hall–Kier alpha value is -2.08. The van der Waals surface area contributed by atoms with Gasteiger partial charge in [-0.2, -0.15) is 0 Å². The lowest BCUT2D eigenvalue weighted by Gasteiger charge is -2.20. The molecule has 6 nitrogen and oxygen atoms in total. The highest BCUT2D eigenvalue weighted by atomic mass is 16.5. The van der Waals surface area contributed by atoms with Crippen LogP contribution in [-0.2, 0) is 9.59 Å². The molecule has 1 amide bonds. The molecule has 1 aromatic rings. The molecule has 2 N–H and O–H groups in total. The van der Waals surface area contributed by atoms with Crippen LogP contribution in [0.15, 0.2) is 24.3 Å². The van der Waals surface area contributed by atoms with E-state index in [-0.39, 0.29) is 12.3 Å². The number of nitrogens with one attached hydrogen (secondary N) is 1. The molecular formula is C16H22N2O4. The van der Waals surface area contributed by atoms with Gasteiger partial charge in [0.25, 0.3) is 0 Å². The summed E-state index contributed by atoms with van der Waals surface area (Å²) in [6, 6.07) is 6.95. The maximum atomic E-state index is 12.0. The minimum absolute atomic E-state index is 0.0160. The molecule has 1 fully saturated rings. The average molecular weight is 306 g/mol. The SMILES string of the molecule is COc1ccc(NC(=O)C[C@H](CN2CCCC2)C(=O)O)cc1. The highest BCUT2D eigenvalue weighted by Gasteiger charge is 2.25. The van der Waals surface area contributed by atoms with E-state index in [1.54, 1.807) is 31.4 Å². The maximum absolute atomic E-state index is 12.0. The number of hydrogen-bond donors (Lipinski definition) is 2. The van der Waals surface area contributed by atoms with Crippen molar-refractivity contribution in [3.63, 3.8) is 0 Å². The topological polar surface area (TPSA) is 78.9 Å². The largest absolute Gasteiger partial charge is 0.497 e. The Labute approximate surface area is 130 Å². The fraction of sp³-hybridized carbons (Fsp3) is 0.500. The zero-order valence-electron chi connectivity index (χ0n) is 12.7. The lowest BCUT2D eigenvalue weighted by atomic mass is 10.0. The van der Waals surface area contributed by atoms with Gasteiger partial charge in [0.2, 0.25) is 5.91 Å². The summed E-state index contributed by atoms with van der Waals surface area (Å²) in [7, 11) is 1.57. The van der Waals surface area contributed by atoms with Gasteiger partial charge in [0.1, 0.15) is 5.75 Å². The van der Waals surface area contributed by atoms with Crippen LogP contribution in [0.4, 0.5) is 5.69 Å². The van der Waals surface area contributed by atoms with Crippen molar-refractivity contribution >= 4 is 17.6 Å². The molecule has 120 valence electrons. The molecule has 0 aromatic heterocycles. The highest BCUT2D eigenvalue weighted by Crippen LogP contribution is 2.17. The highest BCUT2D eigenvalue weighted by molar-refractivity contribution is 5.93. The van der Waals surface area contributed by atoms with Crippen LogP contribution in [0.25, 0.3) is 0 Å². The molecule has 1 aliphatic heterocycles. The maximum Gasteiger partial charge on any atom is 0.308 e. The van der Waals surface area contributed by atoms with Crippen LogP contribution in [0.3, 0.4) is 0 Å². The number of carboxylic acid groups (broad SMARTS) is 1. The number of carboxylic acids is 1. The predicted octanol–water partition coefficient (Wildman–Crippen LogP) is 1.82. The molecule has 22 heavy (non-hydrogen) atoms. The first-order valence-electron chi connectivity index (χ1n) is 7.47. The Balaban J connectivity index is 1.87. The van der Waals surface area contributed by atoms with Gasteiger partial charge in [-0.15, -0.1) is 0 Å². The molecule has 1 heterocycles. The van der Waals surface area contributed by atoms with Gasteiger partial charge in [-0.25, -0.2) is 0 Å². The molecule has 0 unspecified atom stereocenters. The third-order valence-corrected chi connectivity index (χ3v) is 3.83. The van der Waals surface area contributed by atoms with Crippen LogP contribution in [0.5, 0.6) is 5.75 Å². The lowest BCUT2D eigenvalue weighted by Crippen LogP contribution is -2.33. The quantitative estimate of drug-likeness (QED) is 0.803. The monoisotopic (exact) mass is 306 g/mol. The van der Waals surface area contributed by atoms with E-state index in [0.29, 0.717) is 18.0 Å². The summed E-state index contributed by atoms with van der Waals surface area (Å²) in [5.41, 5.74) is 0.635. The van der Waals surface area contributed by atoms with E-state index >= 15 is 0 Å². The van der Waals surface area contributed by atoms with Crippen molar-refractivity contribution < 1.29 is 19.4 Å². The van der Waals surface area contributed by atoms with Crippen LogP contribution in [0, 0.1) is 5.92 Å². The molecule has 6 heteroatoms. The zero-order chi connectivity index (χ0) is 15.9. The smallest absolute Gasteiger partial charge is 0.308 e. The second kappa shape index (κ2) is 7.79. The molecule has 0 saturated carbocycles. The van der Waals surface area contributed by atoms with Gasteiger partial charge in [-0.3, -0.25) is 9.59 Å². The molecule has 1 atom stereocenters. The fourth-order valence-electron chi connectivity index (χ4n) is 2.62. The summed E-state index contributed by atoms with van der Waals surface area (Å²) in [5, 5.41) is 12.0. The number of anilines is 1. The van der Waals surface area contributed by atoms with Gasteiger partial charge >= 0.3 is 5.97 Å². The van der Waals surface area contributed by atoms with E-state index < -0.39 is 11.9 Å². The molecule has 0 bridgehead atoms. The molecule has 1 saturated heterocycles. The normalized spacial score (nSPS) is 16.2. The summed E-state index contributed by atoms with van der Waals surface area (Å²) in [6.07, 6.45) is 2.19. The van der Waals surface area contributed by atoms with Gasteiger partial charge in [-0.1, -0.05) is 0 Å². The number of benzene rings is 1. The molecule has 2 rings (SSSR count). The van der Waals surface area contributed by atoms with Crippen molar-refractivity contribution in [3.05, 3.63) is 24.3 Å². The Morgan fingerprint density at radius 2 is 1.91 bits per heavy atom. The standard InChI is InChI=1S/C16H22N2O4/c1-22-14-6-4-13(5-7-14)17-15(19)10-12(16(20)21)11-18-8-2-3-9-18/h4-7,12H,2-3,8-11H2,1H3,(H,17,19)(H,20,21)/t12-/m1/s1. The summed E-state index contributed by atoms with van der Waals surface area (Å²) in [6.45, 7) is 2.28. The number of hydrogen-bond acceptors (Lipinski definition) is 4. The number of carbonyl (C=O) groups is 2. The molecule has 0 spiro atoms. The number of amides is 1. The number of aliphatic carboxylic acids is 1. The Kier molecular flexibility index (Phi) is 5.77. The number of ether oxygens (including phenoxy) is 1. The van der Waals surface area contributed by atoms with E-state index in [1.165, 1.54) is 0 Å². The van der Waals surface area contributed by atoms with Crippen molar-refractivity contribution in [2.24, 2.45) is 5.92 Å². The molecule has 1 aliphatic rings. The number of likely N-dealkylation sites (tertiary alicyclic amines) is 1. The lowest BCUT2D eigenvalue weighted by molar-refractivity contribution is -0.144. The van der Waals surface area contributed by atoms with Crippen LogP contribution in [0.1, 0.15) is 19.3 Å². The minimum atomic E-state index is -0.920. The molecule has 0 radical (unpaired) electrons. The van der Waals surface area contributed by atoms with Gasteiger partial charge in [0.15, 0.2) is 0 Å². The summed E-state index contributed by atoms with van der Waals surface area (Å²) in [5.74, 6) is -1.17. The second-order valence-electron chi connectivity index (χ2n) is 5.52. The Morgan fingerprint density at radius 1 is 1.27 bits per heavy atom. The first-order valence-corrected chi connectivity index (χ1v) is 7.47. The van der Waals surface area contributed by atoms with Crippen molar-refractivity contribution in [2.75, 3.05) is 32.1 Å². The van der Waals surface area contributed by atoms with Gasteiger partial charge in [0.05, 0.1) is 13.0 Å². The minimum Gasteiger partial charge on any atom is -0.497 e. The van der Waals surface area contributed by atoms with Crippen LogP contribution >= 0.6 is 0 Å². The second-order valence-corrected chi connectivity index (χ2v) is 5.52. The first kappa shape index (κ1) is 16.3. The van der Waals surface area contributed by atoms with E-state index in [1.807, 2.05) is 0 Å². The Bertz CT molecular complexity index is 509. The molecule has 1 aromatic carbocycles. The van der Waals surface area contributed by atoms with Crippen molar-refractivity contribution in [3.8, 4) is 5.75 Å². The third-order valence-electron chi connectivity index (χ3n) is 3.83. The van der Waals surface area contributed by atoms with E-state index in [9.17, 15) is 14.7 Å². The number of rotatable bonds is 7. The Morgan fingerprint density at radius 3 is 2.45 bits per heavy atom. The summed E-state index contributed by atoms with van der Waals surface area (Å²) in [4.78, 5) is 25.5. The van der Waals surface area contributed by atoms with Gasteiger partial charge in [0, 0.05) is 18.7 Å². The van der Waals surface area contributed by atoms with E-state index in [2.05, 4.69) is 10.2 Å². The van der Waals surface area contributed by atoms with Crippen molar-refractivity contribution in [2.45, 2.75) is 19.3 Å². The predicted molar refractivity (Wildman–Crippen MR) is 83.0 cm³/mol. The first-order chi connectivity index (χ1) is 10.6. The average Bonchev–Trinajstić information content (AvgIpc) is 3.00. The zero-order valence-corrected chi connectivity index (χ0v) is 12.7. The van der Waals surface area contributed by atoms with Crippen molar-refractivity contribution in [1.82, 2.24) is 4.90 Å². The number of methoxy groups -OCH3 is 1. The number of nitrogens with zero attached hydrogens (tertiary/aromatic N) is 1. The fourth-order valence-corrected chi connectivity index (χ4v) is 2.62. The van der Waals surface area contributed by atoms with E-state index in [4.69, 9.17) is 4.74 Å². The summed E-state index contributed by atoms with van der Waals surface area (Å²) >= 11 is 0. The van der Waals surface area contributed by atoms with Crippen LogP contribution in [-0.4, -0.2) is 48.6 Å². The van der Waals surface area contributed by atoms with Crippen molar-refractivity contribution in [1.29, 1.82) is 0 Å².